The maximum Gasteiger partial charge on any atom is 0.138 e. The molecule has 0 amide bonds. The highest BCUT2D eigenvalue weighted by Gasteiger charge is 2.19. The van der Waals surface area contributed by atoms with Crippen molar-refractivity contribution >= 4 is 0 Å². The number of ether oxygens (including phenoxy) is 2. The molecule has 0 aliphatic carbocycles. The van der Waals surface area contributed by atoms with Crippen molar-refractivity contribution in [1.82, 2.24) is 4.98 Å². The van der Waals surface area contributed by atoms with E-state index in [4.69, 9.17) is 9.47 Å². The van der Waals surface area contributed by atoms with Crippen LogP contribution in [0.5, 0.6) is 5.75 Å². The third kappa shape index (κ3) is 3.98. The molecule has 4 nitrogen and oxygen atoms in total. The monoisotopic (exact) mass is 239 g/mol. The van der Waals surface area contributed by atoms with Gasteiger partial charge < -0.3 is 14.6 Å². The van der Waals surface area contributed by atoms with Gasteiger partial charge in [0.15, 0.2) is 0 Å². The fraction of sp³-hybridized carbons (Fsp3) is 0.615. The van der Waals surface area contributed by atoms with Crippen LogP contribution >= 0.6 is 0 Å². The van der Waals surface area contributed by atoms with Crippen LogP contribution in [-0.4, -0.2) is 29.4 Å². The first-order valence-electron chi connectivity index (χ1n) is 5.91. The van der Waals surface area contributed by atoms with Crippen LogP contribution in [0.2, 0.25) is 0 Å². The van der Waals surface area contributed by atoms with E-state index in [2.05, 4.69) is 4.98 Å². The van der Waals surface area contributed by atoms with Crippen molar-refractivity contribution in [1.29, 1.82) is 0 Å². The molecule has 0 aliphatic rings. The van der Waals surface area contributed by atoms with Crippen LogP contribution in [0, 0.1) is 0 Å². The molecule has 0 fully saturated rings. The highest BCUT2D eigenvalue weighted by molar-refractivity contribution is 5.25. The Kier molecular flexibility index (Phi) is 5.38. The first kappa shape index (κ1) is 13.9. The van der Waals surface area contributed by atoms with Crippen molar-refractivity contribution in [2.45, 2.75) is 45.5 Å². The predicted molar refractivity (Wildman–Crippen MR) is 66.0 cm³/mol. The number of nitrogens with zero attached hydrogens (tertiary/aromatic N) is 1. The molecule has 0 saturated heterocycles. The van der Waals surface area contributed by atoms with Gasteiger partial charge in [-0.1, -0.05) is 6.92 Å². The number of rotatable bonds is 6. The minimum absolute atomic E-state index is 0.0913. The molecule has 0 radical (unpaired) electrons. The van der Waals surface area contributed by atoms with Crippen LogP contribution in [0.3, 0.4) is 0 Å². The van der Waals surface area contributed by atoms with Gasteiger partial charge in [-0.2, -0.15) is 0 Å². The molecule has 0 spiro atoms. The Morgan fingerprint density at radius 1 is 1.35 bits per heavy atom. The number of aliphatic hydroxyl groups is 1. The summed E-state index contributed by atoms with van der Waals surface area (Å²) in [6, 6.07) is 1.80. The fourth-order valence-electron chi connectivity index (χ4n) is 1.67. The molecular weight excluding hydrogens is 218 g/mol. The van der Waals surface area contributed by atoms with Gasteiger partial charge in [-0.15, -0.1) is 0 Å². The quantitative estimate of drug-likeness (QED) is 0.827. The smallest absolute Gasteiger partial charge is 0.138 e. The van der Waals surface area contributed by atoms with Crippen LogP contribution < -0.4 is 4.74 Å². The van der Waals surface area contributed by atoms with E-state index in [-0.39, 0.29) is 12.2 Å². The largest absolute Gasteiger partial charge is 0.489 e. The van der Waals surface area contributed by atoms with E-state index in [0.29, 0.717) is 5.75 Å². The van der Waals surface area contributed by atoms with Gasteiger partial charge in [-0.05, 0) is 26.3 Å². The zero-order chi connectivity index (χ0) is 12.8. The first-order valence-corrected chi connectivity index (χ1v) is 5.91. The minimum Gasteiger partial charge on any atom is -0.489 e. The summed E-state index contributed by atoms with van der Waals surface area (Å²) in [7, 11) is 1.60. The van der Waals surface area contributed by atoms with Crippen molar-refractivity contribution in [2.24, 2.45) is 0 Å². The molecule has 2 unspecified atom stereocenters. The summed E-state index contributed by atoms with van der Waals surface area (Å²) in [5, 5.41) is 10.1. The molecule has 1 heterocycles. The van der Waals surface area contributed by atoms with Crippen LogP contribution in [0.25, 0.3) is 0 Å². The number of pyridine rings is 1. The molecule has 1 aromatic rings. The Hall–Kier alpha value is -1.13. The normalized spacial score (nSPS) is 14.7. The molecule has 1 N–H and O–H groups in total. The van der Waals surface area contributed by atoms with Crippen molar-refractivity contribution < 1.29 is 14.6 Å². The molecule has 1 rings (SSSR count). The van der Waals surface area contributed by atoms with Crippen molar-refractivity contribution in [3.63, 3.8) is 0 Å². The average molecular weight is 239 g/mol. The van der Waals surface area contributed by atoms with Crippen molar-refractivity contribution in [2.75, 3.05) is 7.11 Å². The number of aromatic nitrogens is 1. The van der Waals surface area contributed by atoms with E-state index in [1.54, 1.807) is 25.6 Å². The maximum atomic E-state index is 10.1. The standard InChI is InChI=1S/C13H21NO3/c1-5-12(16-4)13(15)10-6-11(8-14-7-10)17-9(2)3/h6-9,12-13,15H,5H2,1-4H3. The molecule has 0 saturated carbocycles. The molecule has 0 aliphatic heterocycles. The lowest BCUT2D eigenvalue weighted by Crippen LogP contribution is -2.20. The lowest BCUT2D eigenvalue weighted by molar-refractivity contribution is -0.0151. The van der Waals surface area contributed by atoms with Gasteiger partial charge in [0.2, 0.25) is 0 Å². The number of hydrogen-bond donors (Lipinski definition) is 1. The van der Waals surface area contributed by atoms with E-state index < -0.39 is 6.10 Å². The second-order valence-electron chi connectivity index (χ2n) is 4.25. The summed E-state index contributed by atoms with van der Waals surface area (Å²) in [5.41, 5.74) is 0.719. The summed E-state index contributed by atoms with van der Waals surface area (Å²) < 4.78 is 10.8. The summed E-state index contributed by atoms with van der Waals surface area (Å²) >= 11 is 0. The maximum absolute atomic E-state index is 10.1. The lowest BCUT2D eigenvalue weighted by Gasteiger charge is -2.20. The molecule has 0 bridgehead atoms. The average Bonchev–Trinajstić information content (AvgIpc) is 2.30. The van der Waals surface area contributed by atoms with Crippen LogP contribution in [-0.2, 0) is 4.74 Å². The fourth-order valence-corrected chi connectivity index (χ4v) is 1.67. The molecule has 2 atom stereocenters. The van der Waals surface area contributed by atoms with Crippen molar-refractivity contribution in [3.8, 4) is 5.75 Å². The van der Waals surface area contributed by atoms with Crippen molar-refractivity contribution in [3.05, 3.63) is 24.0 Å². The SMILES string of the molecule is CCC(OC)C(O)c1cncc(OC(C)C)c1. The van der Waals surface area contributed by atoms with Gasteiger partial charge in [-0.3, -0.25) is 4.98 Å². The van der Waals surface area contributed by atoms with E-state index in [0.717, 1.165) is 12.0 Å². The molecule has 96 valence electrons. The Labute approximate surface area is 103 Å². The van der Waals surface area contributed by atoms with E-state index in [9.17, 15) is 5.11 Å². The Morgan fingerprint density at radius 2 is 2.06 bits per heavy atom. The second kappa shape index (κ2) is 6.57. The molecule has 17 heavy (non-hydrogen) atoms. The van der Waals surface area contributed by atoms with Gasteiger partial charge in [-0.25, -0.2) is 0 Å². The van der Waals surface area contributed by atoms with Crippen LogP contribution in [0.4, 0.5) is 0 Å². The van der Waals surface area contributed by atoms with Gasteiger partial charge >= 0.3 is 0 Å². The number of aliphatic hydroxyl groups excluding tert-OH is 1. The zero-order valence-corrected chi connectivity index (χ0v) is 10.9. The van der Waals surface area contributed by atoms with Crippen LogP contribution in [0.15, 0.2) is 18.5 Å². The van der Waals surface area contributed by atoms with E-state index in [1.165, 1.54) is 0 Å². The lowest BCUT2D eigenvalue weighted by atomic mass is 10.0. The third-order valence-electron chi connectivity index (χ3n) is 2.50. The van der Waals surface area contributed by atoms with E-state index >= 15 is 0 Å². The highest BCUT2D eigenvalue weighted by atomic mass is 16.5. The van der Waals surface area contributed by atoms with Gasteiger partial charge in [0.05, 0.1) is 18.4 Å². The molecular formula is C13H21NO3. The Bertz CT molecular complexity index is 337. The third-order valence-corrected chi connectivity index (χ3v) is 2.50. The second-order valence-corrected chi connectivity index (χ2v) is 4.25. The first-order chi connectivity index (χ1) is 8.08. The van der Waals surface area contributed by atoms with Gasteiger partial charge in [0.25, 0.3) is 0 Å². The minimum atomic E-state index is -0.673. The number of methoxy groups -OCH3 is 1. The topological polar surface area (TPSA) is 51.6 Å². The van der Waals surface area contributed by atoms with Gasteiger partial charge in [0.1, 0.15) is 11.9 Å². The summed E-state index contributed by atoms with van der Waals surface area (Å²) in [6.45, 7) is 5.87. The zero-order valence-electron chi connectivity index (χ0n) is 10.9. The van der Waals surface area contributed by atoms with Crippen LogP contribution in [0.1, 0.15) is 38.9 Å². The Balaban J connectivity index is 2.83. The molecule has 0 aromatic carbocycles. The summed E-state index contributed by atoms with van der Waals surface area (Å²) in [4.78, 5) is 4.07. The highest BCUT2D eigenvalue weighted by Crippen LogP contribution is 2.23. The predicted octanol–water partition coefficient (Wildman–Crippen LogP) is 2.33. The summed E-state index contributed by atoms with van der Waals surface area (Å²) in [5.74, 6) is 0.669. The van der Waals surface area contributed by atoms with E-state index in [1.807, 2.05) is 20.8 Å². The molecule has 4 heteroatoms. The number of hydrogen-bond acceptors (Lipinski definition) is 4. The summed E-state index contributed by atoms with van der Waals surface area (Å²) in [6.07, 6.45) is 3.23. The Morgan fingerprint density at radius 3 is 2.59 bits per heavy atom. The molecule has 1 aromatic heterocycles. The van der Waals surface area contributed by atoms with Gasteiger partial charge in [0, 0.05) is 18.9 Å².